The van der Waals surface area contributed by atoms with Crippen molar-refractivity contribution in [3.63, 3.8) is 0 Å². The number of rotatable bonds is 6. The number of aliphatic hydroxyl groups excluding tert-OH is 1. The molecular formula is C8H15NO5. The van der Waals surface area contributed by atoms with E-state index in [1.54, 1.807) is 13.8 Å². The Kier molecular flexibility index (Phi) is 5.78. The maximum absolute atomic E-state index is 11.1. The third-order valence-electron chi connectivity index (χ3n) is 1.70. The highest BCUT2D eigenvalue weighted by Crippen LogP contribution is 2.05. The van der Waals surface area contributed by atoms with Gasteiger partial charge in [0, 0.05) is 4.92 Å². The molecule has 0 aliphatic rings. The molecule has 82 valence electrons. The summed E-state index contributed by atoms with van der Waals surface area (Å²) in [4.78, 5) is 20.8. The molecule has 0 bridgehead atoms. The summed E-state index contributed by atoms with van der Waals surface area (Å²) in [5.74, 6) is -0.966. The van der Waals surface area contributed by atoms with Crippen LogP contribution in [0.4, 0.5) is 0 Å². The summed E-state index contributed by atoms with van der Waals surface area (Å²) in [6, 6.07) is -1.66. The molecule has 6 heteroatoms. The number of carbonyl (C=O) groups excluding carboxylic acids is 1. The van der Waals surface area contributed by atoms with Gasteiger partial charge in [-0.3, -0.25) is 10.1 Å². The van der Waals surface area contributed by atoms with Crippen LogP contribution in [0.2, 0.25) is 0 Å². The van der Waals surface area contributed by atoms with Crippen molar-refractivity contribution in [3.05, 3.63) is 10.1 Å². The molecule has 0 aliphatic carbocycles. The van der Waals surface area contributed by atoms with E-state index < -0.39 is 23.0 Å². The zero-order valence-electron chi connectivity index (χ0n) is 8.30. The van der Waals surface area contributed by atoms with Gasteiger partial charge in [-0.15, -0.1) is 0 Å². The van der Waals surface area contributed by atoms with E-state index in [1.807, 2.05) is 0 Å². The van der Waals surface area contributed by atoms with E-state index in [-0.39, 0.29) is 13.0 Å². The molecule has 0 saturated heterocycles. The van der Waals surface area contributed by atoms with E-state index in [1.165, 1.54) is 0 Å². The minimum atomic E-state index is -1.66. The number of carbonyl (C=O) groups is 1. The number of hydrogen-bond acceptors (Lipinski definition) is 5. The van der Waals surface area contributed by atoms with Crippen molar-refractivity contribution < 1.29 is 19.6 Å². The number of esters is 1. The van der Waals surface area contributed by atoms with Crippen LogP contribution in [-0.4, -0.2) is 34.8 Å². The zero-order chi connectivity index (χ0) is 11.1. The Morgan fingerprint density at radius 3 is 2.50 bits per heavy atom. The van der Waals surface area contributed by atoms with Crippen molar-refractivity contribution >= 4 is 5.97 Å². The van der Waals surface area contributed by atoms with Crippen LogP contribution in [0, 0.1) is 10.1 Å². The number of nitrogens with zero attached hydrogens (tertiary/aromatic N) is 1. The summed E-state index contributed by atoms with van der Waals surface area (Å²) >= 11 is 0. The van der Waals surface area contributed by atoms with Crippen molar-refractivity contribution in [3.8, 4) is 0 Å². The lowest BCUT2D eigenvalue weighted by atomic mass is 10.1. The van der Waals surface area contributed by atoms with Crippen LogP contribution in [0.1, 0.15) is 26.7 Å². The molecule has 0 spiro atoms. The summed E-state index contributed by atoms with van der Waals surface area (Å²) in [5, 5.41) is 19.7. The van der Waals surface area contributed by atoms with Crippen LogP contribution in [0.5, 0.6) is 0 Å². The molecule has 0 radical (unpaired) electrons. The summed E-state index contributed by atoms with van der Waals surface area (Å²) < 4.78 is 4.60. The summed E-state index contributed by atoms with van der Waals surface area (Å²) in [6.45, 7) is 3.48. The smallest absolute Gasteiger partial charge is 0.384 e. The van der Waals surface area contributed by atoms with Gasteiger partial charge in [0.1, 0.15) is 6.10 Å². The van der Waals surface area contributed by atoms with Crippen molar-refractivity contribution in [2.45, 2.75) is 38.8 Å². The maximum atomic E-state index is 11.1. The van der Waals surface area contributed by atoms with Crippen molar-refractivity contribution in [1.82, 2.24) is 0 Å². The normalized spacial score (nSPS) is 14.5. The summed E-state index contributed by atoms with van der Waals surface area (Å²) in [7, 11) is 0. The SMILES string of the molecule is CCCOC(=O)C(C(O)CC)[N+](=O)[O-]. The van der Waals surface area contributed by atoms with Gasteiger partial charge in [-0.05, 0) is 12.8 Å². The van der Waals surface area contributed by atoms with Gasteiger partial charge in [-0.25, -0.2) is 4.79 Å². The Morgan fingerprint density at radius 1 is 1.57 bits per heavy atom. The molecule has 0 heterocycles. The molecule has 0 aromatic carbocycles. The van der Waals surface area contributed by atoms with Crippen molar-refractivity contribution in [1.29, 1.82) is 0 Å². The topological polar surface area (TPSA) is 89.7 Å². The lowest BCUT2D eigenvalue weighted by Crippen LogP contribution is -2.41. The van der Waals surface area contributed by atoms with E-state index >= 15 is 0 Å². The van der Waals surface area contributed by atoms with Crippen molar-refractivity contribution in [2.75, 3.05) is 6.61 Å². The van der Waals surface area contributed by atoms with E-state index in [0.29, 0.717) is 6.42 Å². The van der Waals surface area contributed by atoms with Gasteiger partial charge in [0.15, 0.2) is 0 Å². The lowest BCUT2D eigenvalue weighted by Gasteiger charge is -2.12. The van der Waals surface area contributed by atoms with Crippen LogP contribution < -0.4 is 0 Å². The van der Waals surface area contributed by atoms with E-state index in [9.17, 15) is 20.0 Å². The highest BCUT2D eigenvalue weighted by atomic mass is 16.6. The second-order valence-corrected chi connectivity index (χ2v) is 2.87. The first-order chi connectivity index (χ1) is 6.54. The third-order valence-corrected chi connectivity index (χ3v) is 1.70. The maximum Gasteiger partial charge on any atom is 0.384 e. The fourth-order valence-electron chi connectivity index (χ4n) is 0.895. The molecule has 0 amide bonds. The monoisotopic (exact) mass is 205 g/mol. The molecule has 6 nitrogen and oxygen atoms in total. The molecule has 2 unspecified atom stereocenters. The highest BCUT2D eigenvalue weighted by molar-refractivity contribution is 5.75. The Morgan fingerprint density at radius 2 is 2.14 bits per heavy atom. The molecule has 0 aliphatic heterocycles. The van der Waals surface area contributed by atoms with Crippen LogP contribution >= 0.6 is 0 Å². The zero-order valence-corrected chi connectivity index (χ0v) is 8.30. The van der Waals surface area contributed by atoms with Crippen molar-refractivity contribution in [2.24, 2.45) is 0 Å². The van der Waals surface area contributed by atoms with Gasteiger partial charge >= 0.3 is 12.0 Å². The number of nitro groups is 1. The molecule has 14 heavy (non-hydrogen) atoms. The van der Waals surface area contributed by atoms with Gasteiger partial charge in [-0.1, -0.05) is 13.8 Å². The van der Waals surface area contributed by atoms with E-state index in [2.05, 4.69) is 4.74 Å². The van der Waals surface area contributed by atoms with Gasteiger partial charge in [0.25, 0.3) is 0 Å². The molecule has 0 fully saturated rings. The fraction of sp³-hybridized carbons (Fsp3) is 0.875. The molecule has 0 aromatic heterocycles. The van der Waals surface area contributed by atoms with Crippen LogP contribution in [0.3, 0.4) is 0 Å². The molecule has 2 atom stereocenters. The van der Waals surface area contributed by atoms with Crippen LogP contribution in [0.25, 0.3) is 0 Å². The summed E-state index contributed by atoms with van der Waals surface area (Å²) in [6.07, 6.45) is -0.542. The Hall–Kier alpha value is -1.17. The Labute approximate surface area is 82.0 Å². The van der Waals surface area contributed by atoms with Gasteiger partial charge in [-0.2, -0.15) is 0 Å². The number of hydrogen-bond donors (Lipinski definition) is 1. The highest BCUT2D eigenvalue weighted by Gasteiger charge is 2.38. The summed E-state index contributed by atoms with van der Waals surface area (Å²) in [5.41, 5.74) is 0. The third kappa shape index (κ3) is 3.69. The van der Waals surface area contributed by atoms with Gasteiger partial charge in [0.05, 0.1) is 6.61 Å². The average molecular weight is 205 g/mol. The standard InChI is InChI=1S/C8H15NO5/c1-3-5-14-8(11)7(9(12)13)6(10)4-2/h6-7,10H,3-5H2,1-2H3. The molecular weight excluding hydrogens is 190 g/mol. The first kappa shape index (κ1) is 12.8. The molecule has 0 aromatic rings. The first-order valence-corrected chi connectivity index (χ1v) is 4.52. The number of ether oxygens (including phenoxy) is 1. The lowest BCUT2D eigenvalue weighted by molar-refractivity contribution is -0.521. The van der Waals surface area contributed by atoms with Gasteiger partial charge in [0.2, 0.25) is 0 Å². The largest absolute Gasteiger partial charge is 0.461 e. The Bertz CT molecular complexity index is 206. The van der Waals surface area contributed by atoms with Crippen LogP contribution in [-0.2, 0) is 9.53 Å². The molecule has 0 saturated carbocycles. The quantitative estimate of drug-likeness (QED) is 0.384. The van der Waals surface area contributed by atoms with E-state index in [0.717, 1.165) is 0 Å². The fourth-order valence-corrected chi connectivity index (χ4v) is 0.895. The second-order valence-electron chi connectivity index (χ2n) is 2.87. The molecule has 1 N–H and O–H groups in total. The number of aliphatic hydroxyl groups is 1. The Balaban J connectivity index is 4.34. The average Bonchev–Trinajstić information content (AvgIpc) is 2.14. The van der Waals surface area contributed by atoms with Crippen LogP contribution in [0.15, 0.2) is 0 Å². The minimum absolute atomic E-state index is 0.138. The predicted octanol–water partition coefficient (Wildman–Crippen LogP) is 0.356. The predicted molar refractivity (Wildman–Crippen MR) is 48.3 cm³/mol. The van der Waals surface area contributed by atoms with Gasteiger partial charge < -0.3 is 9.84 Å². The second kappa shape index (κ2) is 6.31. The molecule has 0 rings (SSSR count). The first-order valence-electron chi connectivity index (χ1n) is 4.52. The minimum Gasteiger partial charge on any atom is -0.461 e. The van der Waals surface area contributed by atoms with E-state index in [4.69, 9.17) is 0 Å².